The van der Waals surface area contributed by atoms with Crippen molar-refractivity contribution in [3.05, 3.63) is 35.9 Å². The Morgan fingerprint density at radius 3 is 2.47 bits per heavy atom. The highest BCUT2D eigenvalue weighted by atomic mass is 35.5. The standard InChI is InChI=1S/C11H14ClNO3S/c12-7-4-8-13-17(15,16)9-11(14)10-5-2-1-3-6-10/h1-3,5-6,13H,4,7-9H2. The van der Waals surface area contributed by atoms with Gasteiger partial charge in [0.25, 0.3) is 0 Å². The number of halogens is 1. The molecule has 0 radical (unpaired) electrons. The average Bonchev–Trinajstić information content (AvgIpc) is 2.30. The molecule has 0 atom stereocenters. The topological polar surface area (TPSA) is 63.2 Å². The number of carbonyl (C=O) groups is 1. The van der Waals surface area contributed by atoms with Crippen LogP contribution >= 0.6 is 11.6 Å². The van der Waals surface area contributed by atoms with Gasteiger partial charge in [0, 0.05) is 18.0 Å². The number of ketones is 1. The lowest BCUT2D eigenvalue weighted by Crippen LogP contribution is -2.31. The molecule has 0 aliphatic heterocycles. The molecule has 0 fully saturated rings. The molecule has 6 heteroatoms. The summed E-state index contributed by atoms with van der Waals surface area (Å²) in [6.07, 6.45) is 0.542. The molecular formula is C11H14ClNO3S. The highest BCUT2D eigenvalue weighted by Crippen LogP contribution is 2.02. The third-order valence-electron chi connectivity index (χ3n) is 2.05. The maximum Gasteiger partial charge on any atom is 0.219 e. The number of Topliss-reactive ketones (excluding diaryl/α,β-unsaturated/α-hetero) is 1. The Kier molecular flexibility index (Phi) is 5.61. The molecule has 17 heavy (non-hydrogen) atoms. The van der Waals surface area contributed by atoms with Crippen LogP contribution in [0.1, 0.15) is 16.8 Å². The van der Waals surface area contributed by atoms with Gasteiger partial charge in [-0.15, -0.1) is 11.6 Å². The Labute approximate surface area is 106 Å². The van der Waals surface area contributed by atoms with Gasteiger partial charge in [0.15, 0.2) is 5.78 Å². The molecule has 0 aromatic heterocycles. The van der Waals surface area contributed by atoms with E-state index in [1.54, 1.807) is 30.3 Å². The SMILES string of the molecule is O=C(CS(=O)(=O)NCCCCl)c1ccccc1. The summed E-state index contributed by atoms with van der Waals surface area (Å²) in [5.41, 5.74) is 0.398. The second-order valence-electron chi connectivity index (χ2n) is 3.49. The second-order valence-corrected chi connectivity index (χ2v) is 5.67. The molecule has 4 nitrogen and oxygen atoms in total. The minimum atomic E-state index is -3.56. The summed E-state index contributed by atoms with van der Waals surface area (Å²) < 4.78 is 25.4. The summed E-state index contributed by atoms with van der Waals surface area (Å²) in [6, 6.07) is 8.35. The molecule has 1 aromatic rings. The molecule has 0 saturated carbocycles. The van der Waals surface area contributed by atoms with Crippen LogP contribution in [0.4, 0.5) is 0 Å². The summed E-state index contributed by atoms with van der Waals surface area (Å²) in [7, 11) is -3.56. The molecule has 94 valence electrons. The molecule has 1 N–H and O–H groups in total. The van der Waals surface area contributed by atoms with Crippen LogP contribution in [0.3, 0.4) is 0 Å². The monoisotopic (exact) mass is 275 g/mol. The highest BCUT2D eigenvalue weighted by molar-refractivity contribution is 7.90. The van der Waals surface area contributed by atoms with Gasteiger partial charge in [-0.3, -0.25) is 4.79 Å². The van der Waals surface area contributed by atoms with Crippen molar-refractivity contribution < 1.29 is 13.2 Å². The molecular weight excluding hydrogens is 262 g/mol. The van der Waals surface area contributed by atoms with Gasteiger partial charge in [-0.25, -0.2) is 13.1 Å². The first-order valence-corrected chi connectivity index (χ1v) is 7.35. The van der Waals surface area contributed by atoms with Crippen molar-refractivity contribution >= 4 is 27.4 Å². The predicted octanol–water partition coefficient (Wildman–Crippen LogP) is 1.42. The average molecular weight is 276 g/mol. The van der Waals surface area contributed by atoms with Crippen LogP contribution in [0.5, 0.6) is 0 Å². The Balaban J connectivity index is 2.56. The molecule has 0 spiro atoms. The number of nitrogens with one attached hydrogen (secondary N) is 1. The minimum absolute atomic E-state index is 0.258. The van der Waals surface area contributed by atoms with Crippen molar-refractivity contribution in [2.24, 2.45) is 0 Å². The largest absolute Gasteiger partial charge is 0.293 e. The van der Waals surface area contributed by atoms with E-state index < -0.39 is 21.6 Å². The Morgan fingerprint density at radius 1 is 1.24 bits per heavy atom. The number of sulfonamides is 1. The lowest BCUT2D eigenvalue weighted by Gasteiger charge is -2.05. The quantitative estimate of drug-likeness (QED) is 0.465. The molecule has 1 aromatic carbocycles. The van der Waals surface area contributed by atoms with E-state index in [2.05, 4.69) is 4.72 Å². The lowest BCUT2D eigenvalue weighted by atomic mass is 10.2. The van der Waals surface area contributed by atoms with Crippen LogP contribution < -0.4 is 4.72 Å². The number of alkyl halides is 1. The molecule has 1 rings (SSSR count). The van der Waals surface area contributed by atoms with Crippen molar-refractivity contribution in [1.82, 2.24) is 4.72 Å². The van der Waals surface area contributed by atoms with Gasteiger partial charge in [0.1, 0.15) is 5.75 Å². The van der Waals surface area contributed by atoms with Crippen molar-refractivity contribution in [3.8, 4) is 0 Å². The zero-order chi connectivity index (χ0) is 12.7. The molecule has 0 heterocycles. The van der Waals surface area contributed by atoms with E-state index in [1.165, 1.54) is 0 Å². The van der Waals surface area contributed by atoms with E-state index in [9.17, 15) is 13.2 Å². The molecule has 0 amide bonds. The van der Waals surface area contributed by atoms with Gasteiger partial charge in [0.05, 0.1) is 0 Å². The predicted molar refractivity (Wildman–Crippen MR) is 67.9 cm³/mol. The maximum absolute atomic E-state index is 11.6. The van der Waals surface area contributed by atoms with E-state index in [0.717, 1.165) is 0 Å². The summed E-state index contributed by atoms with van der Waals surface area (Å²) in [4.78, 5) is 11.6. The van der Waals surface area contributed by atoms with E-state index >= 15 is 0 Å². The fourth-order valence-electron chi connectivity index (χ4n) is 1.23. The van der Waals surface area contributed by atoms with E-state index in [4.69, 9.17) is 11.6 Å². The fourth-order valence-corrected chi connectivity index (χ4v) is 2.43. The molecule has 0 unspecified atom stereocenters. The van der Waals surface area contributed by atoms with Gasteiger partial charge in [-0.2, -0.15) is 0 Å². The van der Waals surface area contributed by atoms with Crippen molar-refractivity contribution in [2.75, 3.05) is 18.2 Å². The van der Waals surface area contributed by atoms with Gasteiger partial charge >= 0.3 is 0 Å². The third kappa shape index (κ3) is 5.30. The number of hydrogen-bond acceptors (Lipinski definition) is 3. The van der Waals surface area contributed by atoms with Gasteiger partial charge in [-0.05, 0) is 6.42 Å². The third-order valence-corrected chi connectivity index (χ3v) is 3.60. The van der Waals surface area contributed by atoms with E-state index in [1.807, 2.05) is 0 Å². The van der Waals surface area contributed by atoms with Crippen LogP contribution in [-0.2, 0) is 10.0 Å². The Morgan fingerprint density at radius 2 is 1.88 bits per heavy atom. The van der Waals surface area contributed by atoms with Gasteiger partial charge in [-0.1, -0.05) is 30.3 Å². The molecule has 0 aliphatic rings. The molecule has 0 bridgehead atoms. The minimum Gasteiger partial charge on any atom is -0.293 e. The zero-order valence-electron chi connectivity index (χ0n) is 9.23. The maximum atomic E-state index is 11.6. The van der Waals surface area contributed by atoms with E-state index in [-0.39, 0.29) is 6.54 Å². The van der Waals surface area contributed by atoms with Crippen molar-refractivity contribution in [3.63, 3.8) is 0 Å². The van der Waals surface area contributed by atoms with Crippen molar-refractivity contribution in [2.45, 2.75) is 6.42 Å². The fraction of sp³-hybridized carbons (Fsp3) is 0.364. The van der Waals surface area contributed by atoms with Crippen LogP contribution in [0, 0.1) is 0 Å². The normalized spacial score (nSPS) is 11.4. The number of benzene rings is 1. The number of carbonyl (C=O) groups excluding carboxylic acids is 1. The van der Waals surface area contributed by atoms with Gasteiger partial charge in [0.2, 0.25) is 10.0 Å². The van der Waals surface area contributed by atoms with Crippen LogP contribution in [0.2, 0.25) is 0 Å². The zero-order valence-corrected chi connectivity index (χ0v) is 10.8. The Bertz CT molecular complexity index is 459. The van der Waals surface area contributed by atoms with Gasteiger partial charge < -0.3 is 0 Å². The highest BCUT2D eigenvalue weighted by Gasteiger charge is 2.16. The molecule has 0 aliphatic carbocycles. The second kappa shape index (κ2) is 6.74. The summed E-state index contributed by atoms with van der Waals surface area (Å²) in [6.45, 7) is 0.258. The number of rotatable bonds is 7. The Hall–Kier alpha value is -0.910. The smallest absolute Gasteiger partial charge is 0.219 e. The first kappa shape index (κ1) is 14.2. The first-order chi connectivity index (χ1) is 8.05. The van der Waals surface area contributed by atoms with Crippen LogP contribution in [-0.4, -0.2) is 32.4 Å². The first-order valence-electron chi connectivity index (χ1n) is 5.17. The molecule has 0 saturated heterocycles. The summed E-state index contributed by atoms with van der Waals surface area (Å²) in [5, 5.41) is 0. The van der Waals surface area contributed by atoms with Crippen molar-refractivity contribution in [1.29, 1.82) is 0 Å². The van der Waals surface area contributed by atoms with Crippen LogP contribution in [0.25, 0.3) is 0 Å². The van der Waals surface area contributed by atoms with Crippen LogP contribution in [0.15, 0.2) is 30.3 Å². The number of hydrogen-bond donors (Lipinski definition) is 1. The lowest BCUT2D eigenvalue weighted by molar-refractivity contribution is 0.102. The summed E-state index contributed by atoms with van der Waals surface area (Å²) >= 11 is 5.43. The van der Waals surface area contributed by atoms with E-state index in [0.29, 0.717) is 17.9 Å². The summed E-state index contributed by atoms with van der Waals surface area (Å²) in [5.74, 6) is -0.557.